The third-order valence-electron chi connectivity index (χ3n) is 0.850. The highest BCUT2D eigenvalue weighted by atomic mass is 14.8. The van der Waals surface area contributed by atoms with Gasteiger partial charge in [0.2, 0.25) is 0 Å². The van der Waals surface area contributed by atoms with Gasteiger partial charge in [-0.25, -0.2) is 0 Å². The maximum atomic E-state index is 5.44. The molecule has 0 bridgehead atoms. The summed E-state index contributed by atoms with van der Waals surface area (Å²) >= 11 is 0. The molecule has 0 fully saturated rings. The lowest BCUT2D eigenvalue weighted by Crippen LogP contribution is -2.08. The van der Waals surface area contributed by atoms with Crippen LogP contribution in [0.25, 0.3) is 0 Å². The normalized spacial score (nSPS) is 14.0. The van der Waals surface area contributed by atoms with Gasteiger partial charge < -0.3 is 5.32 Å². The van der Waals surface area contributed by atoms with E-state index in [0.29, 0.717) is 5.82 Å². The van der Waals surface area contributed by atoms with E-state index < -0.39 is 0 Å². The van der Waals surface area contributed by atoms with Crippen LogP contribution in [0.5, 0.6) is 0 Å². The molecule has 0 amide bonds. The second kappa shape index (κ2) is 4.19. The molecule has 0 aromatic rings. The lowest BCUT2D eigenvalue weighted by atomic mass is 9.87. The summed E-state index contributed by atoms with van der Waals surface area (Å²) < 4.78 is 0. The van der Waals surface area contributed by atoms with E-state index in [0.717, 1.165) is 13.0 Å². The van der Waals surface area contributed by atoms with Crippen molar-refractivity contribution in [1.29, 1.82) is 0 Å². The Kier molecular flexibility index (Phi) is 4.21. The van der Waals surface area contributed by atoms with E-state index in [1.165, 1.54) is 0 Å². The molecule has 0 rings (SSSR count). The molecule has 7 heavy (non-hydrogen) atoms. The third kappa shape index (κ3) is 6.02. The second-order valence-electron chi connectivity index (χ2n) is 1.87. The van der Waals surface area contributed by atoms with Gasteiger partial charge in [0.25, 0.3) is 0 Å². The minimum absolute atomic E-state index is 0.340. The van der Waals surface area contributed by atoms with Gasteiger partial charge in [0, 0.05) is 0 Å². The molecule has 0 saturated carbocycles. The number of hydrogen-bond acceptors (Lipinski definition) is 1. The SMILES string of the molecule is [B]C(C)CCNC. The van der Waals surface area contributed by atoms with Gasteiger partial charge in [-0.2, -0.15) is 0 Å². The molecule has 0 saturated heterocycles. The first kappa shape index (κ1) is 7.02. The molecule has 0 aromatic heterocycles. The molecular formula is C5H12BN. The molecular weight excluding hydrogens is 84.9 g/mol. The van der Waals surface area contributed by atoms with E-state index in [1.54, 1.807) is 0 Å². The Morgan fingerprint density at radius 1 is 1.71 bits per heavy atom. The van der Waals surface area contributed by atoms with Crippen molar-refractivity contribution in [3.05, 3.63) is 0 Å². The van der Waals surface area contributed by atoms with Crippen LogP contribution < -0.4 is 5.32 Å². The fourth-order valence-electron chi connectivity index (χ4n) is 0.372. The summed E-state index contributed by atoms with van der Waals surface area (Å²) in [4.78, 5) is 0. The highest BCUT2D eigenvalue weighted by Gasteiger charge is 1.88. The monoisotopic (exact) mass is 97.1 g/mol. The Morgan fingerprint density at radius 3 is 2.43 bits per heavy atom. The van der Waals surface area contributed by atoms with Crippen LogP contribution in [0.15, 0.2) is 0 Å². The molecule has 0 aliphatic heterocycles. The summed E-state index contributed by atoms with van der Waals surface area (Å²) in [5, 5.41) is 3.02. The smallest absolute Gasteiger partial charge is 0.0696 e. The average molecular weight is 97.0 g/mol. The van der Waals surface area contributed by atoms with Crippen molar-refractivity contribution < 1.29 is 0 Å². The topological polar surface area (TPSA) is 12.0 Å². The average Bonchev–Trinajstić information content (AvgIpc) is 1.61. The van der Waals surface area contributed by atoms with Crippen LogP contribution in [0.3, 0.4) is 0 Å². The molecule has 1 N–H and O–H groups in total. The standard InChI is InChI=1S/C5H12BN/c1-5(6)3-4-7-2/h5,7H,3-4H2,1-2H3. The molecule has 0 aliphatic rings. The Bertz CT molecular complexity index is 37.1. The maximum Gasteiger partial charge on any atom is 0.0696 e. The first-order valence-corrected chi connectivity index (χ1v) is 2.67. The van der Waals surface area contributed by atoms with Gasteiger partial charge in [0.05, 0.1) is 7.85 Å². The van der Waals surface area contributed by atoms with Crippen LogP contribution in [-0.2, 0) is 0 Å². The first-order chi connectivity index (χ1) is 3.27. The number of hydrogen-bond donors (Lipinski definition) is 1. The molecule has 2 radical (unpaired) electrons. The molecule has 2 heteroatoms. The van der Waals surface area contributed by atoms with Crippen LogP contribution in [0, 0.1) is 0 Å². The zero-order valence-electron chi connectivity index (χ0n) is 5.07. The minimum Gasteiger partial charge on any atom is -0.320 e. The van der Waals surface area contributed by atoms with E-state index in [2.05, 4.69) is 5.32 Å². The highest BCUT2D eigenvalue weighted by molar-refractivity contribution is 6.11. The summed E-state index contributed by atoms with van der Waals surface area (Å²) in [5.41, 5.74) is 0. The van der Waals surface area contributed by atoms with Crippen LogP contribution >= 0.6 is 0 Å². The maximum absolute atomic E-state index is 5.44. The zero-order valence-corrected chi connectivity index (χ0v) is 5.07. The van der Waals surface area contributed by atoms with Crippen molar-refractivity contribution in [2.24, 2.45) is 0 Å². The Labute approximate surface area is 46.9 Å². The van der Waals surface area contributed by atoms with Crippen molar-refractivity contribution in [3.63, 3.8) is 0 Å². The van der Waals surface area contributed by atoms with Crippen molar-refractivity contribution in [3.8, 4) is 0 Å². The Morgan fingerprint density at radius 2 is 2.29 bits per heavy atom. The second-order valence-corrected chi connectivity index (χ2v) is 1.87. The summed E-state index contributed by atoms with van der Waals surface area (Å²) in [6, 6.07) is 0. The summed E-state index contributed by atoms with van der Waals surface area (Å²) in [7, 11) is 7.37. The van der Waals surface area contributed by atoms with E-state index in [4.69, 9.17) is 7.85 Å². The number of rotatable bonds is 3. The molecule has 1 atom stereocenters. The first-order valence-electron chi connectivity index (χ1n) is 2.67. The predicted octanol–water partition coefficient (Wildman–Crippen LogP) is 0.573. The lowest BCUT2D eigenvalue weighted by Gasteiger charge is -2.00. The molecule has 1 unspecified atom stereocenters. The van der Waals surface area contributed by atoms with Crippen LogP contribution in [0.1, 0.15) is 13.3 Å². The molecule has 0 aromatic carbocycles. The van der Waals surface area contributed by atoms with E-state index in [1.807, 2.05) is 14.0 Å². The molecule has 0 aliphatic carbocycles. The van der Waals surface area contributed by atoms with Crippen molar-refractivity contribution >= 4 is 7.85 Å². The van der Waals surface area contributed by atoms with Gasteiger partial charge in [-0.15, -0.1) is 0 Å². The molecule has 1 nitrogen and oxygen atoms in total. The van der Waals surface area contributed by atoms with Crippen molar-refractivity contribution in [1.82, 2.24) is 5.32 Å². The predicted molar refractivity (Wildman–Crippen MR) is 33.7 cm³/mol. The van der Waals surface area contributed by atoms with E-state index in [9.17, 15) is 0 Å². The largest absolute Gasteiger partial charge is 0.320 e. The fourth-order valence-corrected chi connectivity index (χ4v) is 0.372. The van der Waals surface area contributed by atoms with Crippen molar-refractivity contribution in [2.45, 2.75) is 19.2 Å². The Hall–Kier alpha value is 0.0249. The number of nitrogens with one attached hydrogen (secondary N) is 1. The summed E-state index contributed by atoms with van der Waals surface area (Å²) in [6.45, 7) is 3.04. The third-order valence-corrected chi connectivity index (χ3v) is 0.850. The van der Waals surface area contributed by atoms with Crippen LogP contribution in [0.2, 0.25) is 5.82 Å². The minimum atomic E-state index is 0.340. The molecule has 0 spiro atoms. The highest BCUT2D eigenvalue weighted by Crippen LogP contribution is 1.98. The lowest BCUT2D eigenvalue weighted by molar-refractivity contribution is 0.709. The van der Waals surface area contributed by atoms with Gasteiger partial charge in [0.15, 0.2) is 0 Å². The van der Waals surface area contributed by atoms with E-state index in [-0.39, 0.29) is 0 Å². The van der Waals surface area contributed by atoms with E-state index >= 15 is 0 Å². The van der Waals surface area contributed by atoms with Gasteiger partial charge in [-0.1, -0.05) is 12.7 Å². The van der Waals surface area contributed by atoms with Gasteiger partial charge in [-0.3, -0.25) is 0 Å². The van der Waals surface area contributed by atoms with Crippen LogP contribution in [0.4, 0.5) is 0 Å². The van der Waals surface area contributed by atoms with Gasteiger partial charge in [-0.05, 0) is 20.0 Å². The summed E-state index contributed by atoms with van der Waals surface area (Å²) in [5.74, 6) is 0.340. The molecule has 0 heterocycles. The van der Waals surface area contributed by atoms with Gasteiger partial charge in [0.1, 0.15) is 0 Å². The van der Waals surface area contributed by atoms with Crippen molar-refractivity contribution in [2.75, 3.05) is 13.6 Å². The quantitative estimate of drug-likeness (QED) is 0.507. The Balaban J connectivity index is 2.68. The fraction of sp³-hybridized carbons (Fsp3) is 1.00. The van der Waals surface area contributed by atoms with Crippen LogP contribution in [-0.4, -0.2) is 21.4 Å². The zero-order chi connectivity index (χ0) is 5.70. The van der Waals surface area contributed by atoms with Gasteiger partial charge >= 0.3 is 0 Å². The summed E-state index contributed by atoms with van der Waals surface area (Å²) in [6.07, 6.45) is 1.07. The molecule has 40 valence electrons.